The predicted octanol–water partition coefficient (Wildman–Crippen LogP) is 2.40. The molecule has 0 aliphatic carbocycles. The normalized spacial score (nSPS) is 12.6. The van der Waals surface area contributed by atoms with Gasteiger partial charge in [-0.3, -0.25) is 0 Å². The third-order valence-corrected chi connectivity index (χ3v) is 3.50. The highest BCUT2D eigenvalue weighted by Crippen LogP contribution is 2.26. The number of alkyl halides is 1. The summed E-state index contributed by atoms with van der Waals surface area (Å²) in [6.07, 6.45) is 1.49. The van der Waals surface area contributed by atoms with Crippen LogP contribution in [0.25, 0.3) is 10.3 Å². The van der Waals surface area contributed by atoms with Gasteiger partial charge in [0.1, 0.15) is 22.6 Å². The molecule has 2 aromatic rings. The van der Waals surface area contributed by atoms with Gasteiger partial charge in [0, 0.05) is 5.33 Å². The van der Waals surface area contributed by atoms with Gasteiger partial charge in [0.2, 0.25) is 0 Å². The molecule has 76 valence electrons. The Morgan fingerprint density at radius 3 is 3.07 bits per heavy atom. The topological polar surface area (TPSA) is 62.5 Å². The highest BCUT2D eigenvalue weighted by molar-refractivity contribution is 9.09. The fourth-order valence-corrected chi connectivity index (χ4v) is 2.51. The van der Waals surface area contributed by atoms with Crippen LogP contribution in [0.5, 0.6) is 0 Å². The van der Waals surface area contributed by atoms with E-state index in [1.165, 1.54) is 17.7 Å². The molecule has 0 amide bonds. The Kier molecular flexibility index (Phi) is 2.93. The minimum absolute atomic E-state index is 0.267. The summed E-state index contributed by atoms with van der Waals surface area (Å²) in [4.78, 5) is 13.5. The fraction of sp³-hybridized carbons (Fsp3) is 0.333. The number of aryl methyl sites for hydroxylation is 1. The summed E-state index contributed by atoms with van der Waals surface area (Å²) in [7, 11) is 0. The maximum Gasteiger partial charge on any atom is 0.147 e. The van der Waals surface area contributed by atoms with Crippen LogP contribution >= 0.6 is 27.3 Å². The van der Waals surface area contributed by atoms with Crippen LogP contribution in [0.1, 0.15) is 16.6 Å². The summed E-state index contributed by atoms with van der Waals surface area (Å²) in [5.41, 5.74) is 1.47. The predicted molar refractivity (Wildman–Crippen MR) is 62.1 cm³/mol. The quantitative estimate of drug-likeness (QED) is 0.794. The Balaban J connectivity index is 2.65. The number of fused-ring (bicyclic) bond motifs is 1. The van der Waals surface area contributed by atoms with Crippen molar-refractivity contribution in [3.63, 3.8) is 0 Å². The van der Waals surface area contributed by atoms with Crippen molar-refractivity contribution >= 4 is 37.6 Å². The molecule has 0 spiro atoms. The Hall–Kier alpha value is -1.06. The van der Waals surface area contributed by atoms with Crippen LogP contribution in [0.3, 0.4) is 0 Å². The molecule has 0 saturated heterocycles. The van der Waals surface area contributed by atoms with Crippen molar-refractivity contribution in [3.8, 4) is 6.07 Å². The number of rotatable bonds is 2. The maximum atomic E-state index is 8.98. The number of hydrogen-bond donors (Lipinski definition) is 0. The molecule has 0 bridgehead atoms. The van der Waals surface area contributed by atoms with Gasteiger partial charge in [0.15, 0.2) is 0 Å². The summed E-state index contributed by atoms with van der Waals surface area (Å²) >= 11 is 4.82. The van der Waals surface area contributed by atoms with E-state index in [1.807, 2.05) is 6.92 Å². The van der Waals surface area contributed by atoms with Crippen LogP contribution in [0.4, 0.5) is 0 Å². The molecule has 1 unspecified atom stereocenters. The summed E-state index contributed by atoms with van der Waals surface area (Å²) in [6, 6.07) is 2.20. The molecule has 0 saturated carbocycles. The summed E-state index contributed by atoms with van der Waals surface area (Å²) in [5, 5.41) is 10.5. The van der Waals surface area contributed by atoms with Crippen molar-refractivity contribution in [3.05, 3.63) is 17.0 Å². The standard InChI is InChI=1S/C9H7BrN4S/c1-5-14-8-7(6(2-10)3-11)12-4-13-9(8)15-5/h4,6H,2H2,1H3. The van der Waals surface area contributed by atoms with Gasteiger partial charge < -0.3 is 0 Å². The lowest BCUT2D eigenvalue weighted by molar-refractivity contribution is 0.936. The smallest absolute Gasteiger partial charge is 0.147 e. The fourth-order valence-electron chi connectivity index (χ4n) is 1.30. The second-order valence-electron chi connectivity index (χ2n) is 2.98. The second-order valence-corrected chi connectivity index (χ2v) is 4.81. The van der Waals surface area contributed by atoms with Gasteiger partial charge in [0.25, 0.3) is 0 Å². The molecular formula is C9H7BrN4S. The summed E-state index contributed by atoms with van der Waals surface area (Å²) < 4.78 is 0. The number of thiazole rings is 1. The van der Waals surface area contributed by atoms with Gasteiger partial charge in [-0.25, -0.2) is 15.0 Å². The van der Waals surface area contributed by atoms with Gasteiger partial charge in [-0.1, -0.05) is 27.3 Å². The van der Waals surface area contributed by atoms with Crippen LogP contribution in [0, 0.1) is 18.3 Å². The van der Waals surface area contributed by atoms with Gasteiger partial charge in [0.05, 0.1) is 16.8 Å². The second kappa shape index (κ2) is 4.21. The molecule has 0 aliphatic heterocycles. The lowest BCUT2D eigenvalue weighted by Crippen LogP contribution is -2.01. The number of aromatic nitrogens is 3. The van der Waals surface area contributed by atoms with E-state index < -0.39 is 0 Å². The van der Waals surface area contributed by atoms with E-state index in [9.17, 15) is 0 Å². The van der Waals surface area contributed by atoms with Crippen molar-refractivity contribution in [2.75, 3.05) is 5.33 Å². The molecule has 0 aromatic carbocycles. The third-order valence-electron chi connectivity index (χ3n) is 1.97. The van der Waals surface area contributed by atoms with E-state index in [0.29, 0.717) is 11.0 Å². The van der Waals surface area contributed by atoms with Crippen molar-refractivity contribution in [1.82, 2.24) is 15.0 Å². The minimum atomic E-state index is -0.267. The third kappa shape index (κ3) is 1.85. The molecule has 2 rings (SSSR count). The highest BCUT2D eigenvalue weighted by atomic mass is 79.9. The van der Waals surface area contributed by atoms with Crippen LogP contribution < -0.4 is 0 Å². The molecule has 2 heterocycles. The first-order chi connectivity index (χ1) is 7.26. The summed E-state index contributed by atoms with van der Waals surface area (Å²) in [5.74, 6) is -0.267. The Morgan fingerprint density at radius 2 is 2.40 bits per heavy atom. The average molecular weight is 283 g/mol. The van der Waals surface area contributed by atoms with E-state index >= 15 is 0 Å². The first-order valence-corrected chi connectivity index (χ1v) is 6.23. The van der Waals surface area contributed by atoms with E-state index in [1.54, 1.807) is 0 Å². The van der Waals surface area contributed by atoms with Gasteiger partial charge in [-0.05, 0) is 6.92 Å². The van der Waals surface area contributed by atoms with Crippen LogP contribution in [-0.2, 0) is 0 Å². The van der Waals surface area contributed by atoms with Crippen molar-refractivity contribution in [2.45, 2.75) is 12.8 Å². The van der Waals surface area contributed by atoms with E-state index in [2.05, 4.69) is 37.0 Å². The lowest BCUT2D eigenvalue weighted by Gasteiger charge is -2.03. The molecule has 0 aliphatic rings. The monoisotopic (exact) mass is 282 g/mol. The maximum absolute atomic E-state index is 8.98. The zero-order chi connectivity index (χ0) is 10.8. The Morgan fingerprint density at radius 1 is 1.60 bits per heavy atom. The molecule has 2 aromatic heterocycles. The zero-order valence-electron chi connectivity index (χ0n) is 7.94. The van der Waals surface area contributed by atoms with E-state index in [4.69, 9.17) is 5.26 Å². The minimum Gasteiger partial charge on any atom is -0.238 e. The highest BCUT2D eigenvalue weighted by Gasteiger charge is 2.17. The average Bonchev–Trinajstić information content (AvgIpc) is 2.61. The number of halogens is 1. The van der Waals surface area contributed by atoms with Crippen molar-refractivity contribution in [2.24, 2.45) is 0 Å². The molecule has 4 nitrogen and oxygen atoms in total. The van der Waals surface area contributed by atoms with Crippen LogP contribution in [0.2, 0.25) is 0 Å². The SMILES string of the molecule is Cc1nc2c(C(C#N)CBr)ncnc2s1. The molecule has 1 atom stereocenters. The Labute approximate surface area is 99.1 Å². The van der Waals surface area contributed by atoms with Gasteiger partial charge in [-0.15, -0.1) is 0 Å². The lowest BCUT2D eigenvalue weighted by atomic mass is 10.1. The first-order valence-electron chi connectivity index (χ1n) is 4.30. The van der Waals surface area contributed by atoms with E-state index in [0.717, 1.165) is 15.4 Å². The summed E-state index contributed by atoms with van der Waals surface area (Å²) in [6.45, 7) is 1.92. The molecule has 6 heteroatoms. The number of nitrogens with zero attached hydrogens (tertiary/aromatic N) is 4. The Bertz CT molecular complexity index is 530. The van der Waals surface area contributed by atoms with Gasteiger partial charge in [-0.2, -0.15) is 5.26 Å². The molecule has 0 N–H and O–H groups in total. The molecular weight excluding hydrogens is 276 g/mol. The molecule has 0 radical (unpaired) electrons. The van der Waals surface area contributed by atoms with Crippen LogP contribution in [-0.4, -0.2) is 20.3 Å². The zero-order valence-corrected chi connectivity index (χ0v) is 10.3. The number of nitriles is 1. The van der Waals surface area contributed by atoms with Crippen LogP contribution in [0.15, 0.2) is 6.33 Å². The largest absolute Gasteiger partial charge is 0.238 e. The first kappa shape index (κ1) is 10.5. The van der Waals surface area contributed by atoms with Crippen molar-refractivity contribution < 1.29 is 0 Å². The molecule has 0 fully saturated rings. The number of hydrogen-bond acceptors (Lipinski definition) is 5. The van der Waals surface area contributed by atoms with Gasteiger partial charge >= 0.3 is 0 Å². The van der Waals surface area contributed by atoms with E-state index in [-0.39, 0.29) is 5.92 Å². The van der Waals surface area contributed by atoms with Crippen molar-refractivity contribution in [1.29, 1.82) is 5.26 Å². The molecule has 15 heavy (non-hydrogen) atoms.